The van der Waals surface area contributed by atoms with Gasteiger partial charge in [0, 0.05) is 5.69 Å². The average Bonchev–Trinajstić information content (AvgIpc) is 2.75. The third-order valence-electron chi connectivity index (χ3n) is 4.76. The standard InChI is InChI=1S/C23H19ClFN5O2/c1-13(26)21-28-19-11-5-9-17(25)20(19)22(31)30(21)15-7-4-6-14(12-15)27-23(32)29-18-10-3-2-8-16(18)24/h2-13H,26H2,1H3,(H2,27,29,32)/t13-/m0/s1. The number of rotatable bonds is 4. The number of fused-ring (bicyclic) bond motifs is 1. The van der Waals surface area contributed by atoms with Gasteiger partial charge >= 0.3 is 6.03 Å². The van der Waals surface area contributed by atoms with E-state index in [1.807, 2.05) is 0 Å². The largest absolute Gasteiger partial charge is 0.323 e. The zero-order valence-corrected chi connectivity index (χ0v) is 17.7. The lowest BCUT2D eigenvalue weighted by Gasteiger charge is -2.17. The molecule has 1 heterocycles. The van der Waals surface area contributed by atoms with Gasteiger partial charge in [-0.3, -0.25) is 9.36 Å². The van der Waals surface area contributed by atoms with Gasteiger partial charge in [0.1, 0.15) is 17.0 Å². The molecule has 4 aromatic rings. The Kier molecular flexibility index (Phi) is 5.89. The summed E-state index contributed by atoms with van der Waals surface area (Å²) in [6.45, 7) is 1.68. The van der Waals surface area contributed by atoms with E-state index in [4.69, 9.17) is 17.3 Å². The predicted octanol–water partition coefficient (Wildman–Crippen LogP) is 4.84. The molecule has 9 heteroatoms. The SMILES string of the molecule is C[C@H](N)c1nc2cccc(F)c2c(=O)n1-c1cccc(NC(=O)Nc2ccccc2Cl)c1. The Balaban J connectivity index is 1.73. The van der Waals surface area contributed by atoms with Crippen molar-refractivity contribution in [2.75, 3.05) is 10.6 Å². The molecular weight excluding hydrogens is 433 g/mol. The Morgan fingerprint density at radius 3 is 2.59 bits per heavy atom. The van der Waals surface area contributed by atoms with Crippen LogP contribution in [-0.4, -0.2) is 15.6 Å². The number of carbonyl (C=O) groups is 1. The van der Waals surface area contributed by atoms with E-state index >= 15 is 0 Å². The molecule has 0 aliphatic rings. The maximum atomic E-state index is 14.4. The number of para-hydroxylation sites is 1. The Bertz CT molecular complexity index is 1390. The number of hydrogen-bond acceptors (Lipinski definition) is 4. The van der Waals surface area contributed by atoms with E-state index in [0.717, 1.165) is 0 Å². The highest BCUT2D eigenvalue weighted by atomic mass is 35.5. The van der Waals surface area contributed by atoms with Crippen molar-refractivity contribution >= 4 is 39.9 Å². The van der Waals surface area contributed by atoms with Crippen LogP contribution in [0.15, 0.2) is 71.5 Å². The van der Waals surface area contributed by atoms with Crippen LogP contribution in [0.25, 0.3) is 16.6 Å². The second-order valence-corrected chi connectivity index (χ2v) is 7.55. The van der Waals surface area contributed by atoms with E-state index in [9.17, 15) is 14.0 Å². The lowest BCUT2D eigenvalue weighted by Crippen LogP contribution is -2.28. The minimum Gasteiger partial charge on any atom is -0.322 e. The number of urea groups is 1. The van der Waals surface area contributed by atoms with Crippen molar-refractivity contribution in [2.45, 2.75) is 13.0 Å². The number of aromatic nitrogens is 2. The average molecular weight is 452 g/mol. The molecule has 0 saturated heterocycles. The molecule has 0 aliphatic carbocycles. The lowest BCUT2D eigenvalue weighted by molar-refractivity contribution is 0.262. The second-order valence-electron chi connectivity index (χ2n) is 7.14. The van der Waals surface area contributed by atoms with Crippen molar-refractivity contribution in [1.82, 2.24) is 9.55 Å². The Morgan fingerprint density at radius 2 is 1.84 bits per heavy atom. The van der Waals surface area contributed by atoms with E-state index in [2.05, 4.69) is 15.6 Å². The van der Waals surface area contributed by atoms with Crippen LogP contribution in [0.4, 0.5) is 20.6 Å². The molecule has 0 spiro atoms. The highest BCUT2D eigenvalue weighted by Gasteiger charge is 2.18. The number of benzene rings is 3. The maximum Gasteiger partial charge on any atom is 0.323 e. The molecule has 1 aromatic heterocycles. The van der Waals surface area contributed by atoms with Crippen LogP contribution in [-0.2, 0) is 0 Å². The summed E-state index contributed by atoms with van der Waals surface area (Å²) in [7, 11) is 0. The van der Waals surface area contributed by atoms with Gasteiger partial charge in [0.2, 0.25) is 0 Å². The molecule has 162 valence electrons. The van der Waals surface area contributed by atoms with Crippen LogP contribution in [0.2, 0.25) is 5.02 Å². The van der Waals surface area contributed by atoms with Gasteiger partial charge in [-0.25, -0.2) is 14.2 Å². The minimum absolute atomic E-state index is 0.133. The maximum absolute atomic E-state index is 14.4. The van der Waals surface area contributed by atoms with Crippen molar-refractivity contribution in [3.63, 3.8) is 0 Å². The fourth-order valence-electron chi connectivity index (χ4n) is 3.33. The van der Waals surface area contributed by atoms with Crippen LogP contribution in [0.3, 0.4) is 0 Å². The molecule has 0 radical (unpaired) electrons. The number of carbonyl (C=O) groups excluding carboxylic acids is 1. The zero-order chi connectivity index (χ0) is 22.8. The van der Waals surface area contributed by atoms with Crippen LogP contribution < -0.4 is 21.9 Å². The van der Waals surface area contributed by atoms with E-state index < -0.39 is 23.4 Å². The van der Waals surface area contributed by atoms with Crippen LogP contribution >= 0.6 is 11.6 Å². The molecule has 0 fully saturated rings. The molecule has 32 heavy (non-hydrogen) atoms. The first-order valence-corrected chi connectivity index (χ1v) is 10.1. The fourth-order valence-corrected chi connectivity index (χ4v) is 3.51. The molecule has 7 nitrogen and oxygen atoms in total. The number of hydrogen-bond donors (Lipinski definition) is 3. The molecule has 0 unspecified atom stereocenters. The highest BCUT2D eigenvalue weighted by Crippen LogP contribution is 2.22. The summed E-state index contributed by atoms with van der Waals surface area (Å²) in [6, 6.07) is 16.5. The van der Waals surface area contributed by atoms with Gasteiger partial charge in [-0.1, -0.05) is 35.9 Å². The van der Waals surface area contributed by atoms with Gasteiger partial charge in [-0.05, 0) is 49.4 Å². The van der Waals surface area contributed by atoms with Crippen LogP contribution in [0, 0.1) is 5.82 Å². The number of anilines is 2. The number of halogens is 2. The molecule has 4 rings (SSSR count). The topological polar surface area (TPSA) is 102 Å². The van der Waals surface area contributed by atoms with Crippen molar-refractivity contribution < 1.29 is 9.18 Å². The number of nitrogens with one attached hydrogen (secondary N) is 2. The van der Waals surface area contributed by atoms with Gasteiger partial charge in [0.25, 0.3) is 5.56 Å². The molecule has 0 aliphatic heterocycles. The van der Waals surface area contributed by atoms with Crippen molar-refractivity contribution in [3.8, 4) is 5.69 Å². The Labute approximate surface area is 187 Å². The minimum atomic E-state index is -0.668. The third kappa shape index (κ3) is 4.18. The number of amides is 2. The van der Waals surface area contributed by atoms with Crippen molar-refractivity contribution in [1.29, 1.82) is 0 Å². The zero-order valence-electron chi connectivity index (χ0n) is 17.0. The number of nitrogens with zero attached hydrogens (tertiary/aromatic N) is 2. The fraction of sp³-hybridized carbons (Fsp3) is 0.0870. The first-order valence-electron chi connectivity index (χ1n) is 9.75. The quantitative estimate of drug-likeness (QED) is 0.413. The summed E-state index contributed by atoms with van der Waals surface area (Å²) in [6.07, 6.45) is 0. The second kappa shape index (κ2) is 8.78. The van der Waals surface area contributed by atoms with Crippen LogP contribution in [0.5, 0.6) is 0 Å². The Morgan fingerprint density at radius 1 is 1.09 bits per heavy atom. The van der Waals surface area contributed by atoms with Gasteiger partial charge in [-0.2, -0.15) is 0 Å². The summed E-state index contributed by atoms with van der Waals surface area (Å²) in [5.41, 5.74) is 6.95. The summed E-state index contributed by atoms with van der Waals surface area (Å²) >= 11 is 6.07. The normalized spacial score (nSPS) is 11.9. The first-order chi connectivity index (χ1) is 15.3. The molecule has 0 bridgehead atoms. The molecule has 1 atom stereocenters. The predicted molar refractivity (Wildman–Crippen MR) is 124 cm³/mol. The summed E-state index contributed by atoms with van der Waals surface area (Å²) in [5.74, 6) is -0.399. The lowest BCUT2D eigenvalue weighted by atomic mass is 10.2. The molecular formula is C23H19ClFN5O2. The number of nitrogens with two attached hydrogens (primary N) is 1. The van der Waals surface area contributed by atoms with E-state index in [-0.39, 0.29) is 16.7 Å². The van der Waals surface area contributed by atoms with Gasteiger partial charge in [0.05, 0.1) is 28.0 Å². The summed E-state index contributed by atoms with van der Waals surface area (Å²) < 4.78 is 15.7. The van der Waals surface area contributed by atoms with Gasteiger partial charge in [0.15, 0.2) is 0 Å². The molecule has 4 N–H and O–H groups in total. The molecule has 2 amide bonds. The first kappa shape index (κ1) is 21.5. The van der Waals surface area contributed by atoms with Gasteiger partial charge < -0.3 is 16.4 Å². The van der Waals surface area contributed by atoms with E-state index in [0.29, 0.717) is 22.1 Å². The third-order valence-corrected chi connectivity index (χ3v) is 5.09. The van der Waals surface area contributed by atoms with Crippen molar-refractivity contribution in [2.24, 2.45) is 5.73 Å². The van der Waals surface area contributed by atoms with Gasteiger partial charge in [-0.15, -0.1) is 0 Å². The monoisotopic (exact) mass is 451 g/mol. The van der Waals surface area contributed by atoms with Crippen LogP contribution in [0.1, 0.15) is 18.8 Å². The summed E-state index contributed by atoms with van der Waals surface area (Å²) in [4.78, 5) is 30.0. The smallest absolute Gasteiger partial charge is 0.322 e. The molecule has 0 saturated carbocycles. The summed E-state index contributed by atoms with van der Waals surface area (Å²) in [5, 5.41) is 5.62. The van der Waals surface area contributed by atoms with Crippen molar-refractivity contribution in [3.05, 3.63) is 93.7 Å². The van der Waals surface area contributed by atoms with E-state index in [1.54, 1.807) is 61.5 Å². The van der Waals surface area contributed by atoms with E-state index in [1.165, 1.54) is 16.7 Å². The Hall–Kier alpha value is -3.75. The molecule has 3 aromatic carbocycles. The highest BCUT2D eigenvalue weighted by molar-refractivity contribution is 6.33.